The summed E-state index contributed by atoms with van der Waals surface area (Å²) in [5.41, 5.74) is -0.576. The quantitative estimate of drug-likeness (QED) is 0.161. The van der Waals surface area contributed by atoms with E-state index < -0.39 is 17.0 Å². The van der Waals surface area contributed by atoms with Gasteiger partial charge in [0.1, 0.15) is 5.83 Å². The third kappa shape index (κ3) is 4.36. The minimum atomic E-state index is -0.962. The van der Waals surface area contributed by atoms with Gasteiger partial charge in [-0.3, -0.25) is 0 Å². The smallest absolute Gasteiger partial charge is 0.337 e. The number of halogens is 3. The van der Waals surface area contributed by atoms with Gasteiger partial charge in [0.25, 0.3) is 0 Å². The molecule has 0 spiro atoms. The zero-order valence-corrected chi connectivity index (χ0v) is 10.8. The van der Waals surface area contributed by atoms with Crippen molar-refractivity contribution in [1.82, 2.24) is 0 Å². The molecule has 0 aliphatic rings. The van der Waals surface area contributed by atoms with Crippen LogP contribution in [0.25, 0.3) is 0 Å². The van der Waals surface area contributed by atoms with Crippen LogP contribution in [0.2, 0.25) is 0 Å². The zero-order valence-electron chi connectivity index (χ0n) is 9.34. The molecular weight excluding hydrogens is 272 g/mol. The maximum Gasteiger partial charge on any atom is 0.337 e. The number of nitrogens with zero attached hydrogens (tertiary/aromatic N) is 1. The monoisotopic (exact) mass is 283 g/mol. The molecule has 0 unspecified atom stereocenters. The highest BCUT2D eigenvalue weighted by Gasteiger charge is 2.21. The summed E-state index contributed by atoms with van der Waals surface area (Å²) in [7, 11) is 1.10. The third-order valence-electron chi connectivity index (χ3n) is 1.79. The second-order valence-corrected chi connectivity index (χ2v) is 3.46. The van der Waals surface area contributed by atoms with E-state index >= 15 is 0 Å². The van der Waals surface area contributed by atoms with Crippen LogP contribution < -0.4 is 0 Å². The summed E-state index contributed by atoms with van der Waals surface area (Å²) in [6.07, 6.45) is 1.80. The van der Waals surface area contributed by atoms with Crippen molar-refractivity contribution in [1.29, 1.82) is 0 Å². The lowest BCUT2D eigenvalue weighted by atomic mass is 10.1. The number of methoxy groups -OCH3 is 1. The van der Waals surface area contributed by atoms with Crippen LogP contribution >= 0.6 is 23.2 Å². The number of oxime groups is 1. The SMILES string of the molecule is CC/C=C(C(/Cl)=N/O)\C(F)=C(/CCl)C(=O)OC. The Morgan fingerprint density at radius 3 is 2.53 bits per heavy atom. The number of hydrogen-bond donors (Lipinski definition) is 1. The van der Waals surface area contributed by atoms with Crippen molar-refractivity contribution >= 4 is 34.3 Å². The first kappa shape index (κ1) is 15.9. The largest absolute Gasteiger partial charge is 0.466 e. The highest BCUT2D eigenvalue weighted by Crippen LogP contribution is 2.22. The number of rotatable bonds is 5. The summed E-state index contributed by atoms with van der Waals surface area (Å²) >= 11 is 11.0. The van der Waals surface area contributed by atoms with Crippen molar-refractivity contribution < 1.29 is 19.1 Å². The van der Waals surface area contributed by atoms with Crippen LogP contribution in [-0.2, 0) is 9.53 Å². The van der Waals surface area contributed by atoms with Crippen LogP contribution in [0.4, 0.5) is 4.39 Å². The van der Waals surface area contributed by atoms with E-state index in [1.807, 2.05) is 0 Å². The van der Waals surface area contributed by atoms with Crippen molar-refractivity contribution in [2.45, 2.75) is 13.3 Å². The molecule has 0 bridgehead atoms. The van der Waals surface area contributed by atoms with Gasteiger partial charge in [0.2, 0.25) is 0 Å². The second-order valence-electron chi connectivity index (χ2n) is 2.83. The van der Waals surface area contributed by atoms with E-state index in [9.17, 15) is 9.18 Å². The number of carbonyl (C=O) groups excluding carboxylic acids is 1. The first-order valence-corrected chi connectivity index (χ1v) is 5.56. The number of hydrogen-bond acceptors (Lipinski definition) is 4. The Hall–Kier alpha value is -1.07. The number of carbonyl (C=O) groups is 1. The molecule has 0 heterocycles. The molecule has 0 atom stereocenters. The van der Waals surface area contributed by atoms with Gasteiger partial charge in [-0.1, -0.05) is 29.8 Å². The zero-order chi connectivity index (χ0) is 13.4. The molecule has 0 aromatic carbocycles. The maximum atomic E-state index is 13.9. The van der Waals surface area contributed by atoms with Gasteiger partial charge in [-0.15, -0.1) is 11.6 Å². The number of ether oxygens (including phenoxy) is 1. The Morgan fingerprint density at radius 1 is 1.59 bits per heavy atom. The third-order valence-corrected chi connectivity index (χ3v) is 2.33. The molecule has 0 aliphatic heterocycles. The lowest BCUT2D eigenvalue weighted by Crippen LogP contribution is -2.10. The summed E-state index contributed by atoms with van der Waals surface area (Å²) in [4.78, 5) is 11.2. The topological polar surface area (TPSA) is 58.9 Å². The molecule has 0 radical (unpaired) electrons. The van der Waals surface area contributed by atoms with Crippen LogP contribution in [-0.4, -0.2) is 29.3 Å². The molecule has 0 fully saturated rings. The normalized spacial score (nSPS) is 14.4. The molecule has 0 saturated carbocycles. The summed E-state index contributed by atoms with van der Waals surface area (Å²) in [6.45, 7) is 1.73. The molecule has 0 saturated heterocycles. The van der Waals surface area contributed by atoms with Gasteiger partial charge >= 0.3 is 5.97 Å². The lowest BCUT2D eigenvalue weighted by Gasteiger charge is -2.06. The standard InChI is InChI=1S/C10H12Cl2FNO3/c1-3-4-6(9(12)14-16)8(13)7(5-11)10(15)17-2/h4,16H,3,5H2,1-2H3/b6-4+,8-7-,14-9-. The van der Waals surface area contributed by atoms with Crippen molar-refractivity contribution in [3.63, 3.8) is 0 Å². The maximum absolute atomic E-state index is 13.9. The van der Waals surface area contributed by atoms with E-state index in [0.29, 0.717) is 6.42 Å². The summed E-state index contributed by atoms with van der Waals surface area (Å²) < 4.78 is 18.3. The van der Waals surface area contributed by atoms with Crippen molar-refractivity contribution in [2.75, 3.05) is 13.0 Å². The lowest BCUT2D eigenvalue weighted by molar-refractivity contribution is -0.136. The molecule has 1 N–H and O–H groups in total. The summed E-state index contributed by atoms with van der Waals surface area (Å²) in [6, 6.07) is 0. The Balaban J connectivity index is 5.60. The van der Waals surface area contributed by atoms with Crippen LogP contribution in [0.1, 0.15) is 13.3 Å². The molecule has 96 valence electrons. The predicted octanol–water partition coefficient (Wildman–Crippen LogP) is 2.98. The molecule has 0 aliphatic carbocycles. The van der Waals surface area contributed by atoms with Gasteiger partial charge in [-0.05, 0) is 6.42 Å². The summed E-state index contributed by atoms with van der Waals surface area (Å²) in [5, 5.41) is 10.7. The molecule has 0 rings (SSSR count). The van der Waals surface area contributed by atoms with E-state index in [0.717, 1.165) is 7.11 Å². The molecule has 0 aromatic heterocycles. The minimum Gasteiger partial charge on any atom is -0.466 e. The van der Waals surface area contributed by atoms with Gasteiger partial charge in [0, 0.05) is 5.57 Å². The first-order valence-electron chi connectivity index (χ1n) is 4.64. The number of allylic oxidation sites excluding steroid dienone is 3. The van der Waals surface area contributed by atoms with Crippen LogP contribution in [0, 0.1) is 0 Å². The van der Waals surface area contributed by atoms with Crippen molar-refractivity contribution in [3.05, 3.63) is 23.0 Å². The van der Waals surface area contributed by atoms with Crippen LogP contribution in [0.15, 0.2) is 28.2 Å². The van der Waals surface area contributed by atoms with Gasteiger partial charge in [-0.25, -0.2) is 9.18 Å². The van der Waals surface area contributed by atoms with E-state index in [4.69, 9.17) is 28.4 Å². The molecule has 4 nitrogen and oxygen atoms in total. The summed E-state index contributed by atoms with van der Waals surface area (Å²) in [5.74, 6) is -2.24. The molecule has 7 heteroatoms. The average Bonchev–Trinajstić information content (AvgIpc) is 2.35. The van der Waals surface area contributed by atoms with Gasteiger partial charge < -0.3 is 9.94 Å². The molecule has 0 aromatic rings. The fourth-order valence-electron chi connectivity index (χ4n) is 1.01. The van der Waals surface area contributed by atoms with Crippen molar-refractivity contribution in [3.8, 4) is 0 Å². The molecule has 17 heavy (non-hydrogen) atoms. The molecular formula is C10H12Cl2FNO3. The Labute approximate surface area is 108 Å². The van der Waals surface area contributed by atoms with Gasteiger partial charge in [0.15, 0.2) is 5.17 Å². The average molecular weight is 284 g/mol. The van der Waals surface area contributed by atoms with Crippen LogP contribution in [0.3, 0.4) is 0 Å². The minimum absolute atomic E-state index is 0.197. The van der Waals surface area contributed by atoms with E-state index in [-0.39, 0.29) is 17.0 Å². The number of esters is 1. The van der Waals surface area contributed by atoms with Gasteiger partial charge in [-0.2, -0.15) is 0 Å². The number of alkyl halides is 1. The van der Waals surface area contributed by atoms with E-state index in [1.54, 1.807) is 6.92 Å². The van der Waals surface area contributed by atoms with E-state index in [2.05, 4.69) is 9.89 Å². The highest BCUT2D eigenvalue weighted by atomic mass is 35.5. The van der Waals surface area contributed by atoms with E-state index in [1.165, 1.54) is 6.08 Å². The fourth-order valence-corrected chi connectivity index (χ4v) is 1.40. The predicted molar refractivity (Wildman–Crippen MR) is 64.3 cm³/mol. The Bertz CT molecular complexity index is 378. The Morgan fingerprint density at radius 2 is 2.18 bits per heavy atom. The Kier molecular flexibility index (Phi) is 7.58. The van der Waals surface area contributed by atoms with Crippen LogP contribution in [0.5, 0.6) is 0 Å². The van der Waals surface area contributed by atoms with Crippen molar-refractivity contribution in [2.24, 2.45) is 5.16 Å². The fraction of sp³-hybridized carbons (Fsp3) is 0.400. The first-order chi connectivity index (χ1) is 8.03. The van der Waals surface area contributed by atoms with Gasteiger partial charge in [0.05, 0.1) is 18.6 Å². The second kappa shape index (κ2) is 8.08. The highest BCUT2D eigenvalue weighted by molar-refractivity contribution is 6.70. The molecule has 0 amide bonds.